The zero-order valence-corrected chi connectivity index (χ0v) is 13.6. The topological polar surface area (TPSA) is 9.23 Å². The maximum absolute atomic E-state index is 6.74. The van der Waals surface area contributed by atoms with Gasteiger partial charge >= 0.3 is 0 Å². The molecule has 1 saturated carbocycles. The number of benzene rings is 1. The molecule has 0 heterocycles. The van der Waals surface area contributed by atoms with Gasteiger partial charge in [0.1, 0.15) is 5.75 Å². The van der Waals surface area contributed by atoms with E-state index in [1.54, 1.807) is 7.11 Å². The molecule has 3 heteroatoms. The molecule has 100 valence electrons. The quantitative estimate of drug-likeness (QED) is 0.660. The summed E-state index contributed by atoms with van der Waals surface area (Å²) in [5, 5.41) is 0.0682. The van der Waals surface area contributed by atoms with Gasteiger partial charge in [0.25, 0.3) is 0 Å². The van der Waals surface area contributed by atoms with E-state index < -0.39 is 0 Å². The molecule has 0 aromatic heterocycles. The third-order valence-corrected chi connectivity index (χ3v) is 5.40. The predicted octanol–water partition coefficient (Wildman–Crippen LogP) is 5.54. The second-order valence-electron chi connectivity index (χ2n) is 5.19. The molecule has 0 bridgehead atoms. The molecule has 1 aliphatic rings. The molecule has 0 saturated heterocycles. The zero-order chi connectivity index (χ0) is 13.3. The van der Waals surface area contributed by atoms with Crippen LogP contribution in [0.15, 0.2) is 10.5 Å². The van der Waals surface area contributed by atoms with Crippen molar-refractivity contribution in [2.45, 2.75) is 44.9 Å². The smallest absolute Gasteiger partial charge is 0.126 e. The highest BCUT2D eigenvalue weighted by Crippen LogP contribution is 2.46. The fourth-order valence-corrected chi connectivity index (χ4v) is 4.04. The number of methoxy groups -OCH3 is 1. The highest BCUT2D eigenvalue weighted by atomic mass is 79.9. The molecule has 0 spiro atoms. The number of alkyl halides is 1. The zero-order valence-electron chi connectivity index (χ0n) is 11.2. The van der Waals surface area contributed by atoms with Crippen molar-refractivity contribution >= 4 is 27.5 Å². The predicted molar refractivity (Wildman–Crippen MR) is 80.7 cm³/mol. The Morgan fingerprint density at radius 3 is 2.50 bits per heavy atom. The first-order valence-corrected chi connectivity index (χ1v) is 7.76. The molecule has 1 atom stereocenters. The van der Waals surface area contributed by atoms with Crippen LogP contribution in [0.2, 0.25) is 0 Å². The van der Waals surface area contributed by atoms with E-state index >= 15 is 0 Å². The first-order valence-electron chi connectivity index (χ1n) is 6.54. The van der Waals surface area contributed by atoms with Crippen LogP contribution in [-0.4, -0.2) is 7.11 Å². The third-order valence-electron chi connectivity index (χ3n) is 4.00. The fourth-order valence-electron chi connectivity index (χ4n) is 2.96. The van der Waals surface area contributed by atoms with E-state index in [1.807, 2.05) is 0 Å². The molecule has 18 heavy (non-hydrogen) atoms. The van der Waals surface area contributed by atoms with Gasteiger partial charge in [0.15, 0.2) is 0 Å². The normalized spacial score (nSPS) is 18.1. The molecular weight excluding hydrogens is 312 g/mol. The van der Waals surface area contributed by atoms with Gasteiger partial charge in [0.05, 0.1) is 12.5 Å². The van der Waals surface area contributed by atoms with Crippen LogP contribution < -0.4 is 4.74 Å². The largest absolute Gasteiger partial charge is 0.496 e. The van der Waals surface area contributed by atoms with Crippen molar-refractivity contribution in [3.63, 3.8) is 0 Å². The molecule has 2 rings (SSSR count). The number of hydrogen-bond donors (Lipinski definition) is 0. The summed E-state index contributed by atoms with van der Waals surface area (Å²) in [6, 6.07) is 2.11. The van der Waals surface area contributed by atoms with Crippen molar-refractivity contribution in [2.75, 3.05) is 7.11 Å². The Morgan fingerprint density at radius 2 is 1.94 bits per heavy atom. The molecule has 1 aliphatic carbocycles. The summed E-state index contributed by atoms with van der Waals surface area (Å²) < 4.78 is 6.71. The number of halogens is 2. The number of hydrogen-bond acceptors (Lipinski definition) is 1. The van der Waals surface area contributed by atoms with Crippen molar-refractivity contribution < 1.29 is 4.74 Å². The van der Waals surface area contributed by atoms with Gasteiger partial charge in [-0.05, 0) is 49.8 Å². The van der Waals surface area contributed by atoms with Crippen LogP contribution in [0.5, 0.6) is 5.75 Å². The molecule has 1 fully saturated rings. The first-order chi connectivity index (χ1) is 8.56. The van der Waals surface area contributed by atoms with Gasteiger partial charge in [-0.15, -0.1) is 11.6 Å². The van der Waals surface area contributed by atoms with Gasteiger partial charge in [-0.3, -0.25) is 0 Å². The maximum atomic E-state index is 6.74. The van der Waals surface area contributed by atoms with Crippen molar-refractivity contribution in [2.24, 2.45) is 5.92 Å². The Labute approximate surface area is 123 Å². The van der Waals surface area contributed by atoms with Gasteiger partial charge in [-0.25, -0.2) is 0 Å². The Balaban J connectivity index is 2.46. The van der Waals surface area contributed by atoms with Gasteiger partial charge in [-0.1, -0.05) is 28.8 Å². The van der Waals surface area contributed by atoms with Crippen LogP contribution in [0.25, 0.3) is 0 Å². The van der Waals surface area contributed by atoms with Crippen molar-refractivity contribution in [1.29, 1.82) is 0 Å². The molecule has 0 aliphatic heterocycles. The molecule has 1 aromatic carbocycles. The monoisotopic (exact) mass is 330 g/mol. The van der Waals surface area contributed by atoms with E-state index in [9.17, 15) is 0 Å². The highest BCUT2D eigenvalue weighted by molar-refractivity contribution is 9.10. The van der Waals surface area contributed by atoms with Gasteiger partial charge in [0.2, 0.25) is 0 Å². The molecule has 1 unspecified atom stereocenters. The summed E-state index contributed by atoms with van der Waals surface area (Å²) in [6.45, 7) is 4.19. The number of ether oxygens (including phenoxy) is 1. The van der Waals surface area contributed by atoms with Crippen LogP contribution in [0.3, 0.4) is 0 Å². The Bertz CT molecular complexity index is 439. The molecule has 1 aromatic rings. The lowest BCUT2D eigenvalue weighted by molar-refractivity contribution is 0.398. The lowest BCUT2D eigenvalue weighted by Crippen LogP contribution is -2.08. The second-order valence-corrected chi connectivity index (χ2v) is 6.52. The summed E-state index contributed by atoms with van der Waals surface area (Å²) in [5.41, 5.74) is 3.54. The number of rotatable bonds is 3. The van der Waals surface area contributed by atoms with Crippen molar-refractivity contribution in [3.8, 4) is 5.75 Å². The lowest BCUT2D eigenvalue weighted by atomic mass is 9.92. The summed E-state index contributed by atoms with van der Waals surface area (Å²) in [7, 11) is 1.73. The van der Waals surface area contributed by atoms with Crippen LogP contribution in [0.1, 0.15) is 47.8 Å². The average molecular weight is 332 g/mol. The molecule has 1 nitrogen and oxygen atoms in total. The fraction of sp³-hybridized carbons (Fsp3) is 0.600. The Kier molecular flexibility index (Phi) is 4.60. The summed E-state index contributed by atoms with van der Waals surface area (Å²) in [6.07, 6.45) is 5.09. The van der Waals surface area contributed by atoms with E-state index in [4.69, 9.17) is 16.3 Å². The summed E-state index contributed by atoms with van der Waals surface area (Å²) >= 11 is 10.4. The van der Waals surface area contributed by atoms with Gasteiger partial charge < -0.3 is 4.74 Å². The molecular formula is C15H20BrClO. The van der Waals surface area contributed by atoms with Gasteiger partial charge in [-0.2, -0.15) is 0 Å². The standard InChI is InChI=1S/C15H20BrClO/c1-9-8-12(16)10(2)13(15(9)18-3)14(17)11-6-4-5-7-11/h8,11,14H,4-7H2,1-3H3. The van der Waals surface area contributed by atoms with Gasteiger partial charge in [0, 0.05) is 10.0 Å². The van der Waals surface area contributed by atoms with Crippen LogP contribution in [0, 0.1) is 19.8 Å². The van der Waals surface area contributed by atoms with E-state index in [0.29, 0.717) is 5.92 Å². The number of aryl methyl sites for hydroxylation is 1. The second kappa shape index (κ2) is 5.83. The lowest BCUT2D eigenvalue weighted by Gasteiger charge is -2.23. The SMILES string of the molecule is COc1c(C)cc(Br)c(C)c1C(Cl)C1CCCC1. The first kappa shape index (κ1) is 14.2. The summed E-state index contributed by atoms with van der Waals surface area (Å²) in [4.78, 5) is 0. The highest BCUT2D eigenvalue weighted by Gasteiger charge is 2.29. The van der Waals surface area contributed by atoms with Crippen LogP contribution in [0.4, 0.5) is 0 Å². The van der Waals surface area contributed by atoms with E-state index in [0.717, 1.165) is 15.8 Å². The minimum Gasteiger partial charge on any atom is -0.496 e. The van der Waals surface area contributed by atoms with Crippen molar-refractivity contribution in [3.05, 3.63) is 27.2 Å². The van der Waals surface area contributed by atoms with E-state index in [2.05, 4.69) is 35.8 Å². The minimum absolute atomic E-state index is 0.0682. The van der Waals surface area contributed by atoms with Crippen molar-refractivity contribution in [1.82, 2.24) is 0 Å². The van der Waals surface area contributed by atoms with E-state index in [1.165, 1.54) is 36.8 Å². The molecule has 0 N–H and O–H groups in total. The van der Waals surface area contributed by atoms with Crippen LogP contribution in [-0.2, 0) is 0 Å². The third kappa shape index (κ3) is 2.55. The Morgan fingerprint density at radius 1 is 1.33 bits per heavy atom. The summed E-state index contributed by atoms with van der Waals surface area (Å²) in [5.74, 6) is 1.55. The average Bonchev–Trinajstić information content (AvgIpc) is 2.86. The Hall–Kier alpha value is -0.210. The molecule has 0 radical (unpaired) electrons. The van der Waals surface area contributed by atoms with E-state index in [-0.39, 0.29) is 5.38 Å². The molecule has 0 amide bonds. The van der Waals surface area contributed by atoms with Crippen LogP contribution >= 0.6 is 27.5 Å². The minimum atomic E-state index is 0.0682. The maximum Gasteiger partial charge on any atom is 0.126 e.